The van der Waals surface area contributed by atoms with Crippen molar-refractivity contribution in [1.29, 1.82) is 10.5 Å². The first-order chi connectivity index (χ1) is 9.62. The van der Waals surface area contributed by atoms with Crippen LogP contribution < -0.4 is 5.32 Å². The molecule has 0 bridgehead atoms. The van der Waals surface area contributed by atoms with Gasteiger partial charge in [-0.1, -0.05) is 0 Å². The third-order valence-corrected chi connectivity index (χ3v) is 2.67. The first-order valence-corrected chi connectivity index (χ1v) is 5.75. The molecule has 3 nitrogen and oxygen atoms in total. The molecule has 1 N–H and O–H groups in total. The molecule has 2 aromatic rings. The van der Waals surface area contributed by atoms with Gasteiger partial charge in [-0.05, 0) is 42.0 Å². The number of anilines is 1. The second-order valence-corrected chi connectivity index (χ2v) is 4.12. The van der Waals surface area contributed by atoms with Crippen molar-refractivity contribution in [2.45, 2.75) is 6.54 Å². The Balaban J connectivity index is 2.20. The maximum absolute atomic E-state index is 13.3. The Labute approximate surface area is 114 Å². The van der Waals surface area contributed by atoms with E-state index in [1.165, 1.54) is 18.2 Å². The molecule has 0 radical (unpaired) electrons. The lowest BCUT2D eigenvalue weighted by Gasteiger charge is -2.08. The van der Waals surface area contributed by atoms with E-state index in [-0.39, 0.29) is 17.7 Å². The van der Waals surface area contributed by atoms with Gasteiger partial charge in [0.2, 0.25) is 0 Å². The van der Waals surface area contributed by atoms with Crippen molar-refractivity contribution in [3.05, 3.63) is 64.7 Å². The van der Waals surface area contributed by atoms with Gasteiger partial charge in [0.15, 0.2) is 0 Å². The van der Waals surface area contributed by atoms with Gasteiger partial charge >= 0.3 is 0 Å². The highest BCUT2D eigenvalue weighted by Crippen LogP contribution is 2.17. The molecular weight excluding hydrogens is 260 g/mol. The van der Waals surface area contributed by atoms with Gasteiger partial charge in [0.05, 0.1) is 22.9 Å². The molecule has 0 aliphatic rings. The number of hydrogen-bond acceptors (Lipinski definition) is 3. The zero-order valence-electron chi connectivity index (χ0n) is 10.3. The Morgan fingerprint density at radius 1 is 0.950 bits per heavy atom. The normalized spacial score (nSPS) is 9.60. The largest absolute Gasteiger partial charge is 0.380 e. The highest BCUT2D eigenvalue weighted by molar-refractivity contribution is 5.57. The van der Waals surface area contributed by atoms with Crippen molar-refractivity contribution in [2.24, 2.45) is 0 Å². The number of halogens is 2. The molecular formula is C15H9F2N3. The quantitative estimate of drug-likeness (QED) is 0.929. The molecule has 0 aliphatic carbocycles. The van der Waals surface area contributed by atoms with Crippen molar-refractivity contribution in [2.75, 3.05) is 5.32 Å². The van der Waals surface area contributed by atoms with Crippen LogP contribution in [0.5, 0.6) is 0 Å². The van der Waals surface area contributed by atoms with Crippen LogP contribution in [0.1, 0.15) is 16.7 Å². The fourth-order valence-electron chi connectivity index (χ4n) is 1.78. The van der Waals surface area contributed by atoms with E-state index in [9.17, 15) is 8.78 Å². The van der Waals surface area contributed by atoms with Crippen LogP contribution in [-0.4, -0.2) is 0 Å². The number of benzene rings is 2. The Bertz CT molecular complexity index is 727. The van der Waals surface area contributed by atoms with Crippen molar-refractivity contribution in [3.63, 3.8) is 0 Å². The Morgan fingerprint density at radius 3 is 2.45 bits per heavy atom. The van der Waals surface area contributed by atoms with E-state index in [1.54, 1.807) is 6.07 Å². The van der Waals surface area contributed by atoms with Crippen LogP contribution in [0.4, 0.5) is 14.5 Å². The number of rotatable bonds is 3. The van der Waals surface area contributed by atoms with Crippen LogP contribution in [0.2, 0.25) is 0 Å². The fraction of sp³-hybridized carbons (Fsp3) is 0.0667. The maximum atomic E-state index is 13.3. The van der Waals surface area contributed by atoms with E-state index in [2.05, 4.69) is 5.32 Å². The van der Waals surface area contributed by atoms with Gasteiger partial charge in [-0.15, -0.1) is 0 Å². The summed E-state index contributed by atoms with van der Waals surface area (Å²) in [6.45, 7) is 0.229. The van der Waals surface area contributed by atoms with E-state index < -0.39 is 11.6 Å². The Hall–Kier alpha value is -2.92. The minimum atomic E-state index is -0.500. The molecule has 98 valence electrons. The molecule has 0 unspecified atom stereocenters. The summed E-state index contributed by atoms with van der Waals surface area (Å²) in [4.78, 5) is 0. The second-order valence-electron chi connectivity index (χ2n) is 4.12. The highest BCUT2D eigenvalue weighted by atomic mass is 19.1. The number of hydrogen-bond donors (Lipinski definition) is 1. The lowest BCUT2D eigenvalue weighted by atomic mass is 10.1. The summed E-state index contributed by atoms with van der Waals surface area (Å²) in [6, 6.07) is 11.5. The molecule has 2 rings (SSSR count). The van der Waals surface area contributed by atoms with Gasteiger partial charge in [-0.3, -0.25) is 0 Å². The smallest absolute Gasteiger partial charge is 0.124 e. The van der Waals surface area contributed by atoms with Gasteiger partial charge < -0.3 is 5.32 Å². The average molecular weight is 269 g/mol. The van der Waals surface area contributed by atoms with Crippen LogP contribution in [0.3, 0.4) is 0 Å². The van der Waals surface area contributed by atoms with Crippen LogP contribution >= 0.6 is 0 Å². The van der Waals surface area contributed by atoms with Crippen LogP contribution in [-0.2, 0) is 6.54 Å². The SMILES string of the molecule is N#Cc1cc(F)cc(CNc2ccc(F)cc2C#N)c1. The van der Waals surface area contributed by atoms with Crippen molar-refractivity contribution in [1.82, 2.24) is 0 Å². The molecule has 2 aromatic carbocycles. The summed E-state index contributed by atoms with van der Waals surface area (Å²) in [5.74, 6) is -0.995. The van der Waals surface area contributed by atoms with Gasteiger partial charge in [-0.25, -0.2) is 8.78 Å². The molecule has 20 heavy (non-hydrogen) atoms. The van der Waals surface area contributed by atoms with Crippen LogP contribution in [0.25, 0.3) is 0 Å². The fourth-order valence-corrected chi connectivity index (χ4v) is 1.78. The molecule has 0 aliphatic heterocycles. The number of nitrogens with zero attached hydrogens (tertiary/aromatic N) is 2. The second kappa shape index (κ2) is 5.81. The molecule has 5 heteroatoms. The van der Waals surface area contributed by atoms with E-state index in [0.29, 0.717) is 11.3 Å². The summed E-state index contributed by atoms with van der Waals surface area (Å²) >= 11 is 0. The topological polar surface area (TPSA) is 59.6 Å². The monoisotopic (exact) mass is 269 g/mol. The third-order valence-electron chi connectivity index (χ3n) is 2.67. The molecule has 0 aromatic heterocycles. The van der Waals surface area contributed by atoms with Gasteiger partial charge in [-0.2, -0.15) is 10.5 Å². The molecule has 0 saturated carbocycles. The van der Waals surface area contributed by atoms with Gasteiger partial charge in [0.25, 0.3) is 0 Å². The highest BCUT2D eigenvalue weighted by Gasteiger charge is 2.05. The average Bonchev–Trinajstić information content (AvgIpc) is 2.45. The third kappa shape index (κ3) is 3.09. The Morgan fingerprint density at radius 2 is 1.75 bits per heavy atom. The van der Waals surface area contributed by atoms with E-state index in [0.717, 1.165) is 12.1 Å². The lowest BCUT2D eigenvalue weighted by Crippen LogP contribution is -2.02. The minimum Gasteiger partial charge on any atom is -0.380 e. The van der Waals surface area contributed by atoms with Crippen molar-refractivity contribution < 1.29 is 8.78 Å². The summed E-state index contributed by atoms with van der Waals surface area (Å²) < 4.78 is 26.2. The summed E-state index contributed by atoms with van der Waals surface area (Å²) in [6.07, 6.45) is 0. The molecule has 0 spiro atoms. The first kappa shape index (κ1) is 13.5. The molecule has 0 heterocycles. The first-order valence-electron chi connectivity index (χ1n) is 5.75. The zero-order chi connectivity index (χ0) is 14.5. The van der Waals surface area contributed by atoms with Crippen molar-refractivity contribution >= 4 is 5.69 Å². The van der Waals surface area contributed by atoms with Crippen LogP contribution in [0, 0.1) is 34.3 Å². The van der Waals surface area contributed by atoms with Gasteiger partial charge in [0.1, 0.15) is 17.7 Å². The van der Waals surface area contributed by atoms with Gasteiger partial charge in [0, 0.05) is 6.54 Å². The Kier molecular flexibility index (Phi) is 3.93. The molecule has 0 fully saturated rings. The zero-order valence-corrected chi connectivity index (χ0v) is 10.3. The number of nitriles is 2. The summed E-state index contributed by atoms with van der Waals surface area (Å²) in [7, 11) is 0. The lowest BCUT2D eigenvalue weighted by molar-refractivity contribution is 0.625. The molecule has 0 saturated heterocycles. The predicted octanol–water partition coefficient (Wildman–Crippen LogP) is 3.32. The maximum Gasteiger partial charge on any atom is 0.124 e. The number of nitrogens with one attached hydrogen (secondary N) is 1. The van der Waals surface area contributed by atoms with E-state index >= 15 is 0 Å². The van der Waals surface area contributed by atoms with E-state index in [4.69, 9.17) is 10.5 Å². The summed E-state index contributed by atoms with van der Waals surface area (Å²) in [5, 5.41) is 20.6. The molecule has 0 atom stereocenters. The van der Waals surface area contributed by atoms with E-state index in [1.807, 2.05) is 12.1 Å². The van der Waals surface area contributed by atoms with Crippen LogP contribution in [0.15, 0.2) is 36.4 Å². The predicted molar refractivity (Wildman–Crippen MR) is 69.6 cm³/mol. The summed E-state index contributed by atoms with van der Waals surface area (Å²) in [5.41, 5.74) is 1.41. The van der Waals surface area contributed by atoms with Crippen molar-refractivity contribution in [3.8, 4) is 12.1 Å². The minimum absolute atomic E-state index is 0.168. The standard InChI is InChI=1S/C15H9F2N3/c16-13-1-2-15(12(6-13)8-19)20-9-11-3-10(7-18)4-14(17)5-11/h1-6,20H,9H2. The molecule has 0 amide bonds.